The molecule has 0 saturated heterocycles. The van der Waals surface area contributed by atoms with Crippen molar-refractivity contribution < 1.29 is 10.0 Å². The van der Waals surface area contributed by atoms with Crippen LogP contribution in [0, 0.1) is 17.0 Å². The third kappa shape index (κ3) is 1.86. The SMILES string of the molecule is Cc1cccc(NC2(CO)CC2)c1[N+](=O)[O-]. The lowest BCUT2D eigenvalue weighted by molar-refractivity contribution is -0.384. The maximum absolute atomic E-state index is 10.9. The average Bonchev–Trinajstić information content (AvgIpc) is 2.98. The number of para-hydroxylation sites is 1. The maximum atomic E-state index is 10.9. The first-order valence-corrected chi connectivity index (χ1v) is 5.21. The highest BCUT2D eigenvalue weighted by atomic mass is 16.6. The molecule has 0 heterocycles. The van der Waals surface area contributed by atoms with E-state index in [4.69, 9.17) is 0 Å². The van der Waals surface area contributed by atoms with Gasteiger partial charge in [0.05, 0.1) is 17.1 Å². The van der Waals surface area contributed by atoms with Crippen LogP contribution >= 0.6 is 0 Å². The van der Waals surface area contributed by atoms with E-state index < -0.39 is 0 Å². The van der Waals surface area contributed by atoms with E-state index in [1.807, 2.05) is 0 Å². The van der Waals surface area contributed by atoms with E-state index in [2.05, 4.69) is 5.32 Å². The normalized spacial score (nSPS) is 16.9. The first-order chi connectivity index (χ1) is 7.58. The fourth-order valence-corrected chi connectivity index (χ4v) is 1.76. The molecule has 2 rings (SSSR count). The van der Waals surface area contributed by atoms with Gasteiger partial charge in [0.15, 0.2) is 0 Å². The molecule has 1 aliphatic rings. The van der Waals surface area contributed by atoms with E-state index in [-0.39, 0.29) is 22.8 Å². The van der Waals surface area contributed by atoms with Crippen molar-refractivity contribution in [1.82, 2.24) is 0 Å². The molecular weight excluding hydrogens is 208 g/mol. The van der Waals surface area contributed by atoms with Crippen LogP contribution in [0.3, 0.4) is 0 Å². The molecule has 1 aromatic rings. The molecule has 0 amide bonds. The number of nitro groups is 1. The van der Waals surface area contributed by atoms with Gasteiger partial charge in [0.25, 0.3) is 5.69 Å². The Balaban J connectivity index is 2.33. The monoisotopic (exact) mass is 222 g/mol. The van der Waals surface area contributed by atoms with Crippen molar-refractivity contribution >= 4 is 11.4 Å². The van der Waals surface area contributed by atoms with E-state index in [1.165, 1.54) is 0 Å². The Kier molecular flexibility index (Phi) is 2.55. The summed E-state index contributed by atoms with van der Waals surface area (Å²) in [5.74, 6) is 0. The number of hydrogen-bond donors (Lipinski definition) is 2. The number of aryl methyl sites for hydroxylation is 1. The quantitative estimate of drug-likeness (QED) is 0.602. The zero-order valence-electron chi connectivity index (χ0n) is 9.06. The molecule has 1 aromatic carbocycles. The Morgan fingerprint density at radius 3 is 2.75 bits per heavy atom. The molecule has 0 aromatic heterocycles. The summed E-state index contributed by atoms with van der Waals surface area (Å²) in [5, 5.41) is 23.2. The van der Waals surface area contributed by atoms with E-state index in [0.717, 1.165) is 12.8 Å². The lowest BCUT2D eigenvalue weighted by atomic mass is 10.1. The summed E-state index contributed by atoms with van der Waals surface area (Å²) in [7, 11) is 0. The van der Waals surface area contributed by atoms with Gasteiger partial charge in [-0.1, -0.05) is 12.1 Å². The van der Waals surface area contributed by atoms with E-state index in [1.54, 1.807) is 25.1 Å². The predicted octanol–water partition coefficient (Wildman–Crippen LogP) is 1.84. The smallest absolute Gasteiger partial charge is 0.295 e. The number of anilines is 1. The Morgan fingerprint density at radius 2 is 2.25 bits per heavy atom. The fourth-order valence-electron chi connectivity index (χ4n) is 1.76. The second-order valence-electron chi connectivity index (χ2n) is 4.29. The molecule has 5 heteroatoms. The molecule has 16 heavy (non-hydrogen) atoms. The minimum Gasteiger partial charge on any atom is -0.394 e. The Bertz CT molecular complexity index is 427. The van der Waals surface area contributed by atoms with Crippen LogP contribution in [0.1, 0.15) is 18.4 Å². The first-order valence-electron chi connectivity index (χ1n) is 5.21. The third-order valence-electron chi connectivity index (χ3n) is 2.98. The molecule has 0 radical (unpaired) electrons. The van der Waals surface area contributed by atoms with Gasteiger partial charge in [-0.15, -0.1) is 0 Å². The first kappa shape index (κ1) is 10.9. The Morgan fingerprint density at radius 1 is 1.56 bits per heavy atom. The zero-order valence-corrected chi connectivity index (χ0v) is 9.06. The molecule has 1 saturated carbocycles. The fraction of sp³-hybridized carbons (Fsp3) is 0.455. The van der Waals surface area contributed by atoms with E-state index in [9.17, 15) is 15.2 Å². The van der Waals surface area contributed by atoms with Gasteiger partial charge in [-0.2, -0.15) is 0 Å². The van der Waals surface area contributed by atoms with E-state index >= 15 is 0 Å². The predicted molar refractivity (Wildman–Crippen MR) is 60.5 cm³/mol. The average molecular weight is 222 g/mol. The summed E-state index contributed by atoms with van der Waals surface area (Å²) in [6.07, 6.45) is 1.71. The minimum absolute atomic E-state index is 0.0120. The van der Waals surface area contributed by atoms with Crippen molar-refractivity contribution in [3.63, 3.8) is 0 Å². The Hall–Kier alpha value is -1.62. The molecule has 0 unspecified atom stereocenters. The van der Waals surface area contributed by atoms with Crippen LogP contribution in [0.2, 0.25) is 0 Å². The van der Waals surface area contributed by atoms with Crippen molar-refractivity contribution in [2.45, 2.75) is 25.3 Å². The summed E-state index contributed by atoms with van der Waals surface area (Å²) in [5.41, 5.74) is 0.890. The number of aliphatic hydroxyl groups is 1. The summed E-state index contributed by atoms with van der Waals surface area (Å²) < 4.78 is 0. The highest BCUT2D eigenvalue weighted by Gasteiger charge is 2.43. The van der Waals surface area contributed by atoms with Crippen molar-refractivity contribution in [2.24, 2.45) is 0 Å². The minimum atomic E-state index is -0.384. The maximum Gasteiger partial charge on any atom is 0.295 e. The second kappa shape index (κ2) is 3.75. The molecule has 2 N–H and O–H groups in total. The lowest BCUT2D eigenvalue weighted by Crippen LogP contribution is -2.26. The molecular formula is C11H14N2O3. The summed E-state index contributed by atoms with van der Waals surface area (Å²) >= 11 is 0. The molecule has 0 aliphatic heterocycles. The van der Waals surface area contributed by atoms with Crippen molar-refractivity contribution in [1.29, 1.82) is 0 Å². The van der Waals surface area contributed by atoms with E-state index in [0.29, 0.717) is 11.3 Å². The number of hydrogen-bond acceptors (Lipinski definition) is 4. The molecule has 1 aliphatic carbocycles. The van der Waals surface area contributed by atoms with Gasteiger partial charge in [0.1, 0.15) is 5.69 Å². The van der Waals surface area contributed by atoms with Crippen LogP contribution in [0.5, 0.6) is 0 Å². The molecule has 0 bridgehead atoms. The van der Waals surface area contributed by atoms with Crippen molar-refractivity contribution in [2.75, 3.05) is 11.9 Å². The van der Waals surface area contributed by atoms with Gasteiger partial charge in [0.2, 0.25) is 0 Å². The number of benzene rings is 1. The molecule has 5 nitrogen and oxygen atoms in total. The standard InChI is InChI=1S/C11H14N2O3/c1-8-3-2-4-9(10(8)13(15)16)12-11(7-14)5-6-11/h2-4,12,14H,5-7H2,1H3. The lowest BCUT2D eigenvalue weighted by Gasteiger charge is -2.16. The number of nitrogens with zero attached hydrogens (tertiary/aromatic N) is 1. The van der Waals surface area contributed by atoms with Gasteiger partial charge in [0, 0.05) is 5.56 Å². The van der Waals surface area contributed by atoms with Gasteiger partial charge < -0.3 is 10.4 Å². The Labute approximate surface area is 93.2 Å². The zero-order chi connectivity index (χ0) is 11.8. The molecule has 1 fully saturated rings. The topological polar surface area (TPSA) is 75.4 Å². The second-order valence-corrected chi connectivity index (χ2v) is 4.29. The summed E-state index contributed by atoms with van der Waals surface area (Å²) in [4.78, 5) is 10.6. The van der Waals surface area contributed by atoms with Gasteiger partial charge in [-0.25, -0.2) is 0 Å². The van der Waals surface area contributed by atoms with Crippen LogP contribution < -0.4 is 5.32 Å². The van der Waals surface area contributed by atoms with Crippen molar-refractivity contribution in [3.05, 3.63) is 33.9 Å². The van der Waals surface area contributed by atoms with Gasteiger partial charge in [-0.05, 0) is 25.8 Å². The third-order valence-corrected chi connectivity index (χ3v) is 2.98. The van der Waals surface area contributed by atoms with Gasteiger partial charge in [-0.3, -0.25) is 10.1 Å². The largest absolute Gasteiger partial charge is 0.394 e. The summed E-state index contributed by atoms with van der Waals surface area (Å²) in [6.45, 7) is 1.72. The van der Waals surface area contributed by atoms with Crippen LogP contribution in [-0.2, 0) is 0 Å². The number of aliphatic hydroxyl groups excluding tert-OH is 1. The summed E-state index contributed by atoms with van der Waals surface area (Å²) in [6, 6.07) is 5.17. The number of rotatable bonds is 4. The van der Waals surface area contributed by atoms with Crippen LogP contribution in [0.4, 0.5) is 11.4 Å². The highest BCUT2D eigenvalue weighted by Crippen LogP contribution is 2.41. The van der Waals surface area contributed by atoms with Crippen LogP contribution in [0.25, 0.3) is 0 Å². The van der Waals surface area contributed by atoms with Crippen molar-refractivity contribution in [3.8, 4) is 0 Å². The molecule has 0 spiro atoms. The number of nitro benzene ring substituents is 1. The molecule has 86 valence electrons. The molecule has 0 atom stereocenters. The highest BCUT2D eigenvalue weighted by molar-refractivity contribution is 5.66. The van der Waals surface area contributed by atoms with Crippen LogP contribution in [-0.4, -0.2) is 22.2 Å². The number of nitrogens with one attached hydrogen (secondary N) is 1. The van der Waals surface area contributed by atoms with Gasteiger partial charge >= 0.3 is 0 Å². The van der Waals surface area contributed by atoms with Crippen LogP contribution in [0.15, 0.2) is 18.2 Å².